The van der Waals surface area contributed by atoms with E-state index in [4.69, 9.17) is 19.3 Å². The van der Waals surface area contributed by atoms with E-state index < -0.39 is 0 Å². The first-order chi connectivity index (χ1) is 10.3. The number of aliphatic hydroxyl groups excluding tert-OH is 1. The maximum Gasteiger partial charge on any atom is 0.234 e. The Hall–Kier alpha value is -1.26. The van der Waals surface area contributed by atoms with Crippen molar-refractivity contribution in [3.05, 3.63) is 23.8 Å². The molecule has 1 aromatic rings. The Kier molecular flexibility index (Phi) is 6.83. The molecule has 1 aliphatic rings. The van der Waals surface area contributed by atoms with Gasteiger partial charge in [0.05, 0.1) is 13.2 Å². The molecule has 1 unspecified atom stereocenters. The van der Waals surface area contributed by atoms with Crippen LogP contribution in [0.15, 0.2) is 18.2 Å². The number of benzene rings is 1. The quantitative estimate of drug-likeness (QED) is 0.706. The second kappa shape index (κ2) is 8.90. The van der Waals surface area contributed by atoms with Crippen molar-refractivity contribution in [2.24, 2.45) is 0 Å². The lowest BCUT2D eigenvalue weighted by atomic mass is 10.1. The average molecular weight is 294 g/mol. The molecule has 0 saturated heterocycles. The van der Waals surface area contributed by atoms with Gasteiger partial charge in [0, 0.05) is 0 Å². The van der Waals surface area contributed by atoms with Crippen molar-refractivity contribution in [2.75, 3.05) is 13.2 Å². The van der Waals surface area contributed by atoms with Gasteiger partial charge in [-0.05, 0) is 24.1 Å². The molecule has 0 spiro atoms. The third-order valence-electron chi connectivity index (χ3n) is 3.63. The van der Waals surface area contributed by atoms with E-state index in [0.717, 1.165) is 12.0 Å². The second-order valence-electron chi connectivity index (χ2n) is 5.44. The molecule has 1 N–H and O–H groups in total. The number of fused-ring (bicyclic) bond motifs is 1. The number of ether oxygens (including phenoxy) is 3. The molecule has 118 valence electrons. The van der Waals surface area contributed by atoms with E-state index in [1.807, 2.05) is 12.1 Å². The van der Waals surface area contributed by atoms with Crippen molar-refractivity contribution < 1.29 is 19.3 Å². The SMILES string of the molecule is CCCCCCCCOC1COc2cc(CO)ccc2O1. The van der Waals surface area contributed by atoms with Crippen LogP contribution in [0, 0.1) is 0 Å². The monoisotopic (exact) mass is 294 g/mol. The highest BCUT2D eigenvalue weighted by Gasteiger charge is 2.21. The molecule has 2 rings (SSSR count). The van der Waals surface area contributed by atoms with Crippen LogP contribution in [0.2, 0.25) is 0 Å². The molecule has 4 heteroatoms. The summed E-state index contributed by atoms with van der Waals surface area (Å²) in [5.41, 5.74) is 0.823. The highest BCUT2D eigenvalue weighted by Crippen LogP contribution is 2.32. The number of hydrogen-bond acceptors (Lipinski definition) is 4. The molecular weight excluding hydrogens is 268 g/mol. The molecule has 0 amide bonds. The summed E-state index contributed by atoms with van der Waals surface area (Å²) in [7, 11) is 0. The Labute approximate surface area is 127 Å². The van der Waals surface area contributed by atoms with E-state index in [1.54, 1.807) is 6.07 Å². The minimum atomic E-state index is -0.326. The summed E-state index contributed by atoms with van der Waals surface area (Å²) in [5.74, 6) is 1.37. The Bertz CT molecular complexity index is 419. The van der Waals surface area contributed by atoms with Crippen molar-refractivity contribution in [3.63, 3.8) is 0 Å². The lowest BCUT2D eigenvalue weighted by molar-refractivity contribution is -0.116. The predicted octanol–water partition coefficient (Wildman–Crippen LogP) is 3.65. The number of aliphatic hydroxyl groups is 1. The Balaban J connectivity index is 1.65. The van der Waals surface area contributed by atoms with Crippen LogP contribution in [0.1, 0.15) is 51.0 Å². The molecule has 0 fully saturated rings. The molecule has 0 radical (unpaired) electrons. The van der Waals surface area contributed by atoms with Crippen LogP contribution < -0.4 is 9.47 Å². The van der Waals surface area contributed by atoms with Gasteiger partial charge in [-0.15, -0.1) is 0 Å². The van der Waals surface area contributed by atoms with E-state index >= 15 is 0 Å². The summed E-state index contributed by atoms with van der Waals surface area (Å²) in [4.78, 5) is 0. The number of hydrogen-bond donors (Lipinski definition) is 1. The highest BCUT2D eigenvalue weighted by molar-refractivity contribution is 5.43. The zero-order valence-corrected chi connectivity index (χ0v) is 12.8. The van der Waals surface area contributed by atoms with E-state index in [1.165, 1.54) is 32.1 Å². The maximum absolute atomic E-state index is 9.09. The molecule has 21 heavy (non-hydrogen) atoms. The van der Waals surface area contributed by atoms with Gasteiger partial charge in [0.2, 0.25) is 6.29 Å². The van der Waals surface area contributed by atoms with Crippen LogP contribution in [0.4, 0.5) is 0 Å². The van der Waals surface area contributed by atoms with Crippen LogP contribution in [0.5, 0.6) is 11.5 Å². The van der Waals surface area contributed by atoms with Crippen LogP contribution in [-0.4, -0.2) is 24.6 Å². The summed E-state index contributed by atoms with van der Waals surface area (Å²) in [6, 6.07) is 5.46. The standard InChI is InChI=1S/C17H26O4/c1-2-3-4-5-6-7-10-19-17-13-20-16-11-14(12-18)8-9-15(16)21-17/h8-9,11,17-18H,2-7,10,12-13H2,1H3. The Morgan fingerprint density at radius 2 is 1.95 bits per heavy atom. The van der Waals surface area contributed by atoms with Gasteiger partial charge in [-0.25, -0.2) is 0 Å². The Morgan fingerprint density at radius 1 is 1.14 bits per heavy atom. The molecule has 1 atom stereocenters. The first kappa shape index (κ1) is 16.1. The van der Waals surface area contributed by atoms with E-state index in [2.05, 4.69) is 6.92 Å². The lowest BCUT2D eigenvalue weighted by Gasteiger charge is -2.26. The third-order valence-corrected chi connectivity index (χ3v) is 3.63. The smallest absolute Gasteiger partial charge is 0.234 e. The highest BCUT2D eigenvalue weighted by atomic mass is 16.7. The third kappa shape index (κ3) is 5.21. The zero-order valence-electron chi connectivity index (χ0n) is 12.8. The second-order valence-corrected chi connectivity index (χ2v) is 5.44. The maximum atomic E-state index is 9.09. The van der Waals surface area contributed by atoms with Crippen molar-refractivity contribution >= 4 is 0 Å². The van der Waals surface area contributed by atoms with Crippen LogP contribution in [0.25, 0.3) is 0 Å². The van der Waals surface area contributed by atoms with Gasteiger partial charge in [0.25, 0.3) is 0 Å². The molecule has 0 aromatic heterocycles. The number of rotatable bonds is 9. The van der Waals surface area contributed by atoms with Crippen molar-refractivity contribution in [1.29, 1.82) is 0 Å². The summed E-state index contributed by atoms with van der Waals surface area (Å²) < 4.78 is 17.1. The largest absolute Gasteiger partial charge is 0.483 e. The number of unbranched alkanes of at least 4 members (excludes halogenated alkanes) is 5. The molecule has 1 aliphatic heterocycles. The molecule has 0 aliphatic carbocycles. The van der Waals surface area contributed by atoms with Crippen molar-refractivity contribution in [1.82, 2.24) is 0 Å². The average Bonchev–Trinajstić information content (AvgIpc) is 2.53. The molecule has 1 heterocycles. The normalized spacial score (nSPS) is 17.0. The van der Waals surface area contributed by atoms with Gasteiger partial charge < -0.3 is 19.3 Å². The van der Waals surface area contributed by atoms with Crippen molar-refractivity contribution in [2.45, 2.75) is 58.3 Å². The van der Waals surface area contributed by atoms with Crippen molar-refractivity contribution in [3.8, 4) is 11.5 Å². The van der Waals surface area contributed by atoms with Crippen LogP contribution in [-0.2, 0) is 11.3 Å². The van der Waals surface area contributed by atoms with Crippen LogP contribution in [0.3, 0.4) is 0 Å². The van der Waals surface area contributed by atoms with Gasteiger partial charge in [-0.3, -0.25) is 0 Å². The fraction of sp³-hybridized carbons (Fsp3) is 0.647. The van der Waals surface area contributed by atoms with Gasteiger partial charge in [-0.1, -0.05) is 45.1 Å². The van der Waals surface area contributed by atoms with Gasteiger partial charge in [0.15, 0.2) is 18.1 Å². The van der Waals surface area contributed by atoms with Gasteiger partial charge in [0.1, 0.15) is 0 Å². The van der Waals surface area contributed by atoms with Gasteiger partial charge >= 0.3 is 0 Å². The summed E-state index contributed by atoms with van der Waals surface area (Å²) >= 11 is 0. The summed E-state index contributed by atoms with van der Waals surface area (Å²) in [6.07, 6.45) is 7.16. The molecule has 0 bridgehead atoms. The molecule has 1 aromatic carbocycles. The lowest BCUT2D eigenvalue weighted by Crippen LogP contribution is -2.32. The molecular formula is C17H26O4. The summed E-state index contributed by atoms with van der Waals surface area (Å²) in [6.45, 7) is 3.35. The molecule has 4 nitrogen and oxygen atoms in total. The predicted molar refractivity (Wildman–Crippen MR) is 81.6 cm³/mol. The minimum Gasteiger partial charge on any atom is -0.483 e. The minimum absolute atomic E-state index is 0.00853. The Morgan fingerprint density at radius 3 is 2.76 bits per heavy atom. The molecule has 0 saturated carbocycles. The fourth-order valence-corrected chi connectivity index (χ4v) is 2.37. The first-order valence-electron chi connectivity index (χ1n) is 7.98. The fourth-order valence-electron chi connectivity index (χ4n) is 2.37. The van der Waals surface area contributed by atoms with E-state index in [-0.39, 0.29) is 12.9 Å². The first-order valence-corrected chi connectivity index (χ1v) is 7.98. The van der Waals surface area contributed by atoms with Crippen LogP contribution >= 0.6 is 0 Å². The van der Waals surface area contributed by atoms with E-state index in [0.29, 0.717) is 24.7 Å². The zero-order chi connectivity index (χ0) is 14.9. The van der Waals surface area contributed by atoms with E-state index in [9.17, 15) is 0 Å². The summed E-state index contributed by atoms with van der Waals surface area (Å²) in [5, 5.41) is 9.09. The van der Waals surface area contributed by atoms with Gasteiger partial charge in [-0.2, -0.15) is 0 Å². The topological polar surface area (TPSA) is 47.9 Å².